The Bertz CT molecular complexity index is 1650. The first-order valence-electron chi connectivity index (χ1n) is 13.3. The minimum atomic E-state index is -0.417. The molecule has 196 valence electrons. The Labute approximate surface area is 233 Å². The van der Waals surface area contributed by atoms with Crippen molar-refractivity contribution in [2.45, 2.75) is 32.7 Å². The van der Waals surface area contributed by atoms with E-state index in [4.69, 9.17) is 16.6 Å². The lowest BCUT2D eigenvalue weighted by molar-refractivity contribution is 0.0659. The molecular weight excluding hydrogens is 506 g/mol. The molecule has 5 nitrogen and oxygen atoms in total. The molecule has 0 bridgehead atoms. The van der Waals surface area contributed by atoms with Crippen LogP contribution in [-0.4, -0.2) is 26.9 Å². The molecule has 4 aromatic carbocycles. The number of para-hydroxylation sites is 1. The molecule has 1 heterocycles. The van der Waals surface area contributed by atoms with Crippen molar-refractivity contribution < 1.29 is 4.79 Å². The highest BCUT2D eigenvalue weighted by Crippen LogP contribution is 2.29. The van der Waals surface area contributed by atoms with Gasteiger partial charge in [0.05, 0.1) is 22.6 Å². The summed E-state index contributed by atoms with van der Waals surface area (Å²) in [7, 11) is 0. The Balaban J connectivity index is 1.61. The minimum absolute atomic E-state index is 0.0895. The number of fused-ring (bicyclic) bond motifs is 1. The van der Waals surface area contributed by atoms with Crippen molar-refractivity contribution in [3.05, 3.63) is 130 Å². The number of carbonyl (C=O) groups excluding carboxylic acids is 1. The van der Waals surface area contributed by atoms with E-state index in [-0.39, 0.29) is 11.5 Å². The van der Waals surface area contributed by atoms with Crippen molar-refractivity contribution in [1.82, 2.24) is 14.5 Å². The van der Waals surface area contributed by atoms with E-state index in [1.54, 1.807) is 22.8 Å². The fourth-order valence-electron chi connectivity index (χ4n) is 5.00. The summed E-state index contributed by atoms with van der Waals surface area (Å²) in [5, 5.41) is 1.10. The van der Waals surface area contributed by atoms with Crippen molar-refractivity contribution in [1.29, 1.82) is 0 Å². The molecule has 0 fully saturated rings. The van der Waals surface area contributed by atoms with Gasteiger partial charge in [-0.1, -0.05) is 80.0 Å². The second-order valence-electron chi connectivity index (χ2n) is 9.47. The van der Waals surface area contributed by atoms with E-state index in [0.29, 0.717) is 46.0 Å². The van der Waals surface area contributed by atoms with Crippen LogP contribution >= 0.6 is 11.6 Å². The van der Waals surface area contributed by atoms with Crippen molar-refractivity contribution in [3.8, 4) is 16.8 Å². The zero-order valence-corrected chi connectivity index (χ0v) is 22.8. The number of aromatic nitrogens is 2. The zero-order valence-electron chi connectivity index (χ0n) is 22.0. The molecular formula is C33H30ClN3O2. The van der Waals surface area contributed by atoms with E-state index < -0.39 is 6.04 Å². The summed E-state index contributed by atoms with van der Waals surface area (Å²) in [6, 6.07) is 31.8. The standard InChI is InChI=1S/C33H30ClN3O2/c1-3-22-36(32(38)25-16-14-24(15-17-25)23-10-6-5-7-11-23)30(4-2)31-35-29-13-9-8-12-28(29)33(39)37(31)27-20-18-26(34)19-21-27/h5-21,30H,3-4,22H2,1-2H3. The highest BCUT2D eigenvalue weighted by molar-refractivity contribution is 6.30. The summed E-state index contributed by atoms with van der Waals surface area (Å²) in [4.78, 5) is 34.6. The summed E-state index contributed by atoms with van der Waals surface area (Å²) in [6.45, 7) is 4.60. The second-order valence-corrected chi connectivity index (χ2v) is 9.91. The molecule has 0 saturated carbocycles. The molecule has 0 aliphatic rings. The average molecular weight is 536 g/mol. The number of hydrogen-bond acceptors (Lipinski definition) is 3. The zero-order chi connectivity index (χ0) is 27.4. The molecule has 5 rings (SSSR count). The van der Waals surface area contributed by atoms with Gasteiger partial charge in [0.25, 0.3) is 11.5 Å². The number of rotatable bonds is 8. The molecule has 1 aromatic heterocycles. The minimum Gasteiger partial charge on any atom is -0.328 e. The quantitative estimate of drug-likeness (QED) is 0.204. The highest BCUT2D eigenvalue weighted by Gasteiger charge is 2.29. The van der Waals surface area contributed by atoms with Crippen molar-refractivity contribution >= 4 is 28.4 Å². The molecule has 1 unspecified atom stereocenters. The Morgan fingerprint density at radius 1 is 0.846 bits per heavy atom. The molecule has 0 aliphatic carbocycles. The monoisotopic (exact) mass is 535 g/mol. The summed E-state index contributed by atoms with van der Waals surface area (Å²) in [5.41, 5.74) is 3.84. The van der Waals surface area contributed by atoms with Crippen molar-refractivity contribution in [2.24, 2.45) is 0 Å². The van der Waals surface area contributed by atoms with E-state index in [9.17, 15) is 9.59 Å². The summed E-state index contributed by atoms with van der Waals surface area (Å²) >= 11 is 6.16. The molecule has 5 aromatic rings. The van der Waals surface area contributed by atoms with Gasteiger partial charge in [0, 0.05) is 17.1 Å². The first-order valence-corrected chi connectivity index (χ1v) is 13.6. The summed E-state index contributed by atoms with van der Waals surface area (Å²) in [5.74, 6) is 0.444. The second kappa shape index (κ2) is 11.7. The number of nitrogens with zero attached hydrogens (tertiary/aromatic N) is 3. The van der Waals surface area contributed by atoms with Gasteiger partial charge in [-0.3, -0.25) is 14.2 Å². The molecule has 0 N–H and O–H groups in total. The highest BCUT2D eigenvalue weighted by atomic mass is 35.5. The number of halogens is 1. The SMILES string of the molecule is CCCN(C(=O)c1ccc(-c2ccccc2)cc1)C(CC)c1nc2ccccc2c(=O)n1-c1ccc(Cl)cc1. The maximum atomic E-state index is 14.0. The van der Waals surface area contributed by atoms with Gasteiger partial charge in [0.15, 0.2) is 0 Å². The predicted molar refractivity (Wildman–Crippen MR) is 159 cm³/mol. The molecule has 0 spiro atoms. The topological polar surface area (TPSA) is 55.2 Å². The number of hydrogen-bond donors (Lipinski definition) is 0. The maximum Gasteiger partial charge on any atom is 0.266 e. The van der Waals surface area contributed by atoms with Gasteiger partial charge in [-0.25, -0.2) is 4.98 Å². The van der Waals surface area contributed by atoms with Crippen LogP contribution < -0.4 is 5.56 Å². The lowest BCUT2D eigenvalue weighted by atomic mass is 10.0. The molecule has 1 atom stereocenters. The van der Waals surface area contributed by atoms with Crippen molar-refractivity contribution in [3.63, 3.8) is 0 Å². The van der Waals surface area contributed by atoms with Crippen LogP contribution in [0.4, 0.5) is 0 Å². The normalized spacial score (nSPS) is 11.9. The molecule has 0 aliphatic heterocycles. The van der Waals surface area contributed by atoms with Gasteiger partial charge in [-0.05, 0) is 72.5 Å². The van der Waals surface area contributed by atoms with Gasteiger partial charge in [0.2, 0.25) is 0 Å². The van der Waals surface area contributed by atoms with Crippen LogP contribution in [0, 0.1) is 0 Å². The van der Waals surface area contributed by atoms with Crippen LogP contribution in [-0.2, 0) is 0 Å². The van der Waals surface area contributed by atoms with Crippen LogP contribution in [0.15, 0.2) is 108 Å². The van der Waals surface area contributed by atoms with Gasteiger partial charge >= 0.3 is 0 Å². The third-order valence-electron chi connectivity index (χ3n) is 6.91. The molecule has 6 heteroatoms. The lowest BCUT2D eigenvalue weighted by Crippen LogP contribution is -2.39. The van der Waals surface area contributed by atoms with Crippen LogP contribution in [0.1, 0.15) is 48.9 Å². The molecule has 39 heavy (non-hydrogen) atoms. The number of benzene rings is 4. The number of carbonyl (C=O) groups is 1. The smallest absolute Gasteiger partial charge is 0.266 e. The summed E-state index contributed by atoms with van der Waals surface area (Å²) in [6.07, 6.45) is 1.36. The van der Waals surface area contributed by atoms with Crippen LogP contribution in [0.25, 0.3) is 27.7 Å². The number of amides is 1. The van der Waals surface area contributed by atoms with E-state index in [1.165, 1.54) is 0 Å². The van der Waals surface area contributed by atoms with Gasteiger partial charge in [-0.15, -0.1) is 0 Å². The van der Waals surface area contributed by atoms with Gasteiger partial charge < -0.3 is 4.90 Å². The molecule has 1 amide bonds. The van der Waals surface area contributed by atoms with Crippen LogP contribution in [0.3, 0.4) is 0 Å². The van der Waals surface area contributed by atoms with Crippen molar-refractivity contribution in [2.75, 3.05) is 6.54 Å². The first kappa shape index (κ1) is 26.4. The largest absolute Gasteiger partial charge is 0.328 e. The van der Waals surface area contributed by atoms with E-state index in [0.717, 1.165) is 17.5 Å². The Hall–Kier alpha value is -4.22. The van der Waals surface area contributed by atoms with E-state index in [1.807, 2.05) is 91.5 Å². The fraction of sp³-hybridized carbons (Fsp3) is 0.182. The van der Waals surface area contributed by atoms with E-state index >= 15 is 0 Å². The van der Waals surface area contributed by atoms with Crippen LogP contribution in [0.5, 0.6) is 0 Å². The summed E-state index contributed by atoms with van der Waals surface area (Å²) < 4.78 is 1.63. The van der Waals surface area contributed by atoms with E-state index in [2.05, 4.69) is 12.1 Å². The third-order valence-corrected chi connectivity index (χ3v) is 7.16. The predicted octanol–water partition coefficient (Wildman–Crippen LogP) is 7.71. The molecule has 0 saturated heterocycles. The van der Waals surface area contributed by atoms with Crippen LogP contribution in [0.2, 0.25) is 5.02 Å². The van der Waals surface area contributed by atoms with Gasteiger partial charge in [0.1, 0.15) is 5.82 Å². The van der Waals surface area contributed by atoms with Gasteiger partial charge in [-0.2, -0.15) is 0 Å². The maximum absolute atomic E-state index is 14.0. The Morgan fingerprint density at radius 3 is 2.15 bits per heavy atom. The lowest BCUT2D eigenvalue weighted by Gasteiger charge is -2.32. The first-order chi connectivity index (χ1) is 19.0. The Morgan fingerprint density at radius 2 is 1.49 bits per heavy atom. The third kappa shape index (κ3) is 5.36. The molecule has 0 radical (unpaired) electrons. The average Bonchev–Trinajstić information content (AvgIpc) is 2.98. The Kier molecular flexibility index (Phi) is 7.89. The fourth-order valence-corrected chi connectivity index (χ4v) is 5.12.